The number of carbonyl (C=O) groups excluding carboxylic acids is 3. The summed E-state index contributed by atoms with van der Waals surface area (Å²) < 4.78 is 10.6. The first-order chi connectivity index (χ1) is 20.7. The van der Waals surface area contributed by atoms with Crippen LogP contribution in [-0.2, 0) is 4.79 Å². The lowest BCUT2D eigenvalue weighted by Crippen LogP contribution is -2.18. The summed E-state index contributed by atoms with van der Waals surface area (Å²) in [7, 11) is 1.44. The molecule has 0 saturated heterocycles. The molecule has 216 valence electrons. The van der Waals surface area contributed by atoms with Crippen LogP contribution in [0.4, 0.5) is 11.4 Å². The molecule has 4 rings (SSSR count). The summed E-state index contributed by atoms with van der Waals surface area (Å²) in [6.45, 7) is 0. The topological polar surface area (TPSA) is 149 Å². The number of non-ortho nitro benzene ring substituents is 1. The van der Waals surface area contributed by atoms with Gasteiger partial charge in [0, 0.05) is 40.0 Å². The van der Waals surface area contributed by atoms with Gasteiger partial charge in [-0.1, -0.05) is 29.8 Å². The number of nitrogens with one attached hydrogen (secondary N) is 2. The van der Waals surface area contributed by atoms with Gasteiger partial charge in [0.1, 0.15) is 11.5 Å². The van der Waals surface area contributed by atoms with Gasteiger partial charge < -0.3 is 14.8 Å². The number of amides is 2. The van der Waals surface area contributed by atoms with Gasteiger partial charge in [0.2, 0.25) is 0 Å². The van der Waals surface area contributed by atoms with Crippen LogP contribution in [0.5, 0.6) is 11.5 Å². The molecule has 0 spiro atoms. The van der Waals surface area contributed by atoms with E-state index in [1.165, 1.54) is 61.9 Å². The molecule has 11 nitrogen and oxygen atoms in total. The first-order valence-corrected chi connectivity index (χ1v) is 12.9. The van der Waals surface area contributed by atoms with Gasteiger partial charge >= 0.3 is 5.97 Å². The summed E-state index contributed by atoms with van der Waals surface area (Å²) in [6, 6.07) is 23.1. The van der Waals surface area contributed by atoms with Gasteiger partial charge in [-0.05, 0) is 72.3 Å². The number of hydrazone groups is 1. The van der Waals surface area contributed by atoms with Crippen molar-refractivity contribution in [2.75, 3.05) is 12.4 Å². The minimum absolute atomic E-state index is 0.0608. The van der Waals surface area contributed by atoms with E-state index in [4.69, 9.17) is 21.1 Å². The second-order valence-electron chi connectivity index (χ2n) is 8.72. The van der Waals surface area contributed by atoms with Gasteiger partial charge in [-0.15, -0.1) is 0 Å². The quantitative estimate of drug-likeness (QED) is 0.0577. The predicted molar refractivity (Wildman–Crippen MR) is 162 cm³/mol. The molecule has 2 amide bonds. The van der Waals surface area contributed by atoms with Crippen molar-refractivity contribution in [2.45, 2.75) is 0 Å². The maximum Gasteiger partial charge on any atom is 0.336 e. The standard InChI is InChI=1S/C31H23ClN4O7/c1-42-28-15-12-23(32)18-26(28)31(39)34-24-7-4-6-21(17-24)30(38)35-33-19-22-5-2-3-8-27(22)43-29(37)16-11-20-9-13-25(14-10-20)36(40)41/h2-19H,1H3,(H,34,39)(H,35,38)/b16-11+,33-19?. The highest BCUT2D eigenvalue weighted by atomic mass is 35.5. The molecule has 43 heavy (non-hydrogen) atoms. The Kier molecular flexibility index (Phi) is 9.95. The van der Waals surface area contributed by atoms with Crippen molar-refractivity contribution in [3.8, 4) is 11.5 Å². The van der Waals surface area contributed by atoms with Crippen molar-refractivity contribution in [3.63, 3.8) is 0 Å². The number of ether oxygens (including phenoxy) is 2. The van der Waals surface area contributed by atoms with Crippen molar-refractivity contribution in [3.05, 3.63) is 134 Å². The van der Waals surface area contributed by atoms with Crippen LogP contribution < -0.4 is 20.2 Å². The number of nitro groups is 1. The average molecular weight is 599 g/mol. The van der Waals surface area contributed by atoms with Crippen LogP contribution in [0.2, 0.25) is 5.02 Å². The number of benzene rings is 4. The Bertz CT molecular complexity index is 1740. The molecule has 0 heterocycles. The third kappa shape index (κ3) is 8.35. The van der Waals surface area contributed by atoms with E-state index in [1.54, 1.807) is 54.6 Å². The monoisotopic (exact) mass is 598 g/mol. The highest BCUT2D eigenvalue weighted by molar-refractivity contribution is 6.31. The molecule has 0 radical (unpaired) electrons. The molecule has 4 aromatic carbocycles. The zero-order chi connectivity index (χ0) is 30.8. The minimum Gasteiger partial charge on any atom is -0.496 e. The van der Waals surface area contributed by atoms with Crippen LogP contribution in [0.25, 0.3) is 6.08 Å². The molecule has 0 bridgehead atoms. The molecule has 0 aliphatic rings. The largest absolute Gasteiger partial charge is 0.496 e. The SMILES string of the molecule is COc1ccc(Cl)cc1C(=O)Nc1cccc(C(=O)NN=Cc2ccccc2OC(=O)/C=C/c2ccc([N+](=O)[O-])cc2)c1. The zero-order valence-corrected chi connectivity index (χ0v) is 23.3. The van der Waals surface area contributed by atoms with Crippen molar-refractivity contribution >= 4 is 53.0 Å². The minimum atomic E-state index is -0.683. The van der Waals surface area contributed by atoms with Crippen LogP contribution in [-0.4, -0.2) is 36.0 Å². The van der Waals surface area contributed by atoms with E-state index in [-0.39, 0.29) is 22.6 Å². The zero-order valence-electron chi connectivity index (χ0n) is 22.5. The number of methoxy groups -OCH3 is 1. The molecular formula is C31H23ClN4O7. The highest BCUT2D eigenvalue weighted by Crippen LogP contribution is 2.24. The molecule has 0 unspecified atom stereocenters. The van der Waals surface area contributed by atoms with Gasteiger partial charge in [-0.2, -0.15) is 5.10 Å². The Morgan fingerprint density at radius 1 is 0.907 bits per heavy atom. The number of rotatable bonds is 10. The number of para-hydroxylation sites is 1. The molecule has 0 aliphatic carbocycles. The second-order valence-corrected chi connectivity index (χ2v) is 9.16. The van der Waals surface area contributed by atoms with Crippen molar-refractivity contribution in [1.29, 1.82) is 0 Å². The van der Waals surface area contributed by atoms with E-state index in [2.05, 4.69) is 15.8 Å². The Morgan fingerprint density at radius 2 is 1.67 bits per heavy atom. The summed E-state index contributed by atoms with van der Waals surface area (Å²) in [5.74, 6) is -1.16. The summed E-state index contributed by atoms with van der Waals surface area (Å²) in [5.41, 5.74) is 4.15. The number of anilines is 1. The maximum atomic E-state index is 12.8. The van der Waals surface area contributed by atoms with E-state index >= 15 is 0 Å². The van der Waals surface area contributed by atoms with Crippen molar-refractivity contribution in [1.82, 2.24) is 5.43 Å². The predicted octanol–water partition coefficient (Wildman–Crippen LogP) is 5.89. The van der Waals surface area contributed by atoms with Crippen LogP contribution >= 0.6 is 11.6 Å². The van der Waals surface area contributed by atoms with Gasteiger partial charge in [0.15, 0.2) is 0 Å². The van der Waals surface area contributed by atoms with E-state index in [1.807, 2.05) is 0 Å². The van der Waals surface area contributed by atoms with Gasteiger partial charge in [-0.3, -0.25) is 19.7 Å². The van der Waals surface area contributed by atoms with Crippen LogP contribution in [0.1, 0.15) is 31.8 Å². The molecular weight excluding hydrogens is 576 g/mol. The Hall–Kier alpha value is -5.81. The lowest BCUT2D eigenvalue weighted by Gasteiger charge is -2.10. The molecule has 4 aromatic rings. The average Bonchev–Trinajstić information content (AvgIpc) is 3.01. The fraction of sp³-hybridized carbons (Fsp3) is 0.0323. The van der Waals surface area contributed by atoms with Gasteiger partial charge in [-0.25, -0.2) is 10.2 Å². The summed E-state index contributed by atoms with van der Waals surface area (Å²) in [6.07, 6.45) is 3.97. The van der Waals surface area contributed by atoms with E-state index in [9.17, 15) is 24.5 Å². The molecule has 0 saturated carbocycles. The first-order valence-electron chi connectivity index (χ1n) is 12.6. The highest BCUT2D eigenvalue weighted by Gasteiger charge is 2.14. The molecule has 2 N–H and O–H groups in total. The van der Waals surface area contributed by atoms with E-state index < -0.39 is 22.7 Å². The van der Waals surface area contributed by atoms with Crippen molar-refractivity contribution < 1.29 is 28.8 Å². The van der Waals surface area contributed by atoms with E-state index in [0.29, 0.717) is 27.6 Å². The Labute approximate surface area is 250 Å². The van der Waals surface area contributed by atoms with Crippen LogP contribution in [0.3, 0.4) is 0 Å². The third-order valence-electron chi connectivity index (χ3n) is 5.80. The lowest BCUT2D eigenvalue weighted by molar-refractivity contribution is -0.384. The summed E-state index contributed by atoms with van der Waals surface area (Å²) in [5, 5.41) is 17.8. The first kappa shape index (κ1) is 30.2. The second kappa shape index (κ2) is 14.2. The number of nitro benzene ring substituents is 1. The number of hydrogen-bond donors (Lipinski definition) is 2. The maximum absolute atomic E-state index is 12.8. The number of halogens is 1. The van der Waals surface area contributed by atoms with Crippen LogP contribution in [0.15, 0.2) is 102 Å². The Balaban J connectivity index is 1.37. The molecule has 0 aliphatic heterocycles. The lowest BCUT2D eigenvalue weighted by atomic mass is 10.1. The van der Waals surface area contributed by atoms with E-state index in [0.717, 1.165) is 0 Å². The molecule has 0 atom stereocenters. The fourth-order valence-electron chi connectivity index (χ4n) is 3.71. The number of hydrogen-bond acceptors (Lipinski definition) is 8. The molecule has 0 fully saturated rings. The molecule has 0 aromatic heterocycles. The summed E-state index contributed by atoms with van der Waals surface area (Å²) in [4.78, 5) is 48.1. The number of carbonyl (C=O) groups is 3. The van der Waals surface area contributed by atoms with Gasteiger partial charge in [0.05, 0.1) is 23.8 Å². The normalized spacial score (nSPS) is 10.8. The smallest absolute Gasteiger partial charge is 0.336 e. The molecule has 12 heteroatoms. The van der Waals surface area contributed by atoms with Crippen LogP contribution in [0, 0.1) is 10.1 Å². The van der Waals surface area contributed by atoms with Crippen molar-refractivity contribution in [2.24, 2.45) is 5.10 Å². The van der Waals surface area contributed by atoms with Gasteiger partial charge in [0.25, 0.3) is 17.5 Å². The summed E-state index contributed by atoms with van der Waals surface area (Å²) >= 11 is 6.02. The Morgan fingerprint density at radius 3 is 2.42 bits per heavy atom. The number of esters is 1. The third-order valence-corrected chi connectivity index (χ3v) is 6.04. The fourth-order valence-corrected chi connectivity index (χ4v) is 3.89. The number of nitrogens with zero attached hydrogens (tertiary/aromatic N) is 2.